The molecule has 1 heterocycles. The highest BCUT2D eigenvalue weighted by molar-refractivity contribution is 5.81. The molecule has 37 heavy (non-hydrogen) atoms. The molecule has 0 aromatic heterocycles. The largest absolute Gasteiger partial charge is 0.497 e. The molecule has 0 radical (unpaired) electrons. The van der Waals surface area contributed by atoms with E-state index in [1.54, 1.807) is 7.11 Å². The van der Waals surface area contributed by atoms with Gasteiger partial charge in [-0.05, 0) is 52.6 Å². The van der Waals surface area contributed by atoms with Crippen LogP contribution in [-0.2, 0) is 28.0 Å². The quantitative estimate of drug-likeness (QED) is 0.304. The van der Waals surface area contributed by atoms with Crippen LogP contribution in [0.25, 0.3) is 0 Å². The molecule has 1 fully saturated rings. The minimum absolute atomic E-state index is 0.0612. The van der Waals surface area contributed by atoms with Crippen LogP contribution >= 0.6 is 0 Å². The smallest absolute Gasteiger partial charge is 0.238 e. The normalized spacial score (nSPS) is 16.4. The maximum Gasteiger partial charge on any atom is 0.238 e. The fourth-order valence-electron chi connectivity index (χ4n) is 4.85. The maximum absolute atomic E-state index is 13.2. The summed E-state index contributed by atoms with van der Waals surface area (Å²) in [6.07, 6.45) is 1.62. The van der Waals surface area contributed by atoms with Gasteiger partial charge < -0.3 is 14.4 Å². The summed E-state index contributed by atoms with van der Waals surface area (Å²) in [7, 11) is 1.68. The summed E-state index contributed by atoms with van der Waals surface area (Å²) >= 11 is 0. The van der Waals surface area contributed by atoms with Gasteiger partial charge in [-0.15, -0.1) is 0 Å². The monoisotopic (exact) mass is 500 g/mol. The Hall–Kier alpha value is -3.15. The molecule has 0 aliphatic carbocycles. The molecule has 0 bridgehead atoms. The second-order valence-electron chi connectivity index (χ2n) is 10.8. The number of methoxy groups -OCH3 is 1. The van der Waals surface area contributed by atoms with E-state index < -0.39 is 0 Å². The van der Waals surface area contributed by atoms with E-state index in [0.29, 0.717) is 26.3 Å². The van der Waals surface area contributed by atoms with Crippen molar-refractivity contribution < 1.29 is 14.3 Å². The Labute approximate surface area is 222 Å². The molecular weight excluding hydrogens is 460 g/mol. The van der Waals surface area contributed by atoms with Crippen molar-refractivity contribution in [1.82, 2.24) is 9.80 Å². The van der Waals surface area contributed by atoms with Crippen LogP contribution in [0.5, 0.6) is 5.75 Å². The van der Waals surface area contributed by atoms with E-state index in [2.05, 4.69) is 74.2 Å². The molecule has 1 aliphatic rings. The molecule has 1 atom stereocenters. The third-order valence-corrected chi connectivity index (χ3v) is 7.02. The van der Waals surface area contributed by atoms with Gasteiger partial charge in [-0.1, -0.05) is 87.5 Å². The fourth-order valence-corrected chi connectivity index (χ4v) is 4.85. The molecule has 5 heteroatoms. The van der Waals surface area contributed by atoms with Crippen LogP contribution in [-0.4, -0.2) is 49.1 Å². The van der Waals surface area contributed by atoms with E-state index in [1.807, 2.05) is 35.2 Å². The van der Waals surface area contributed by atoms with Crippen molar-refractivity contribution in [2.24, 2.45) is 0 Å². The molecular formula is C32H40N2O3. The molecule has 1 unspecified atom stereocenters. The van der Waals surface area contributed by atoms with Gasteiger partial charge in [0.15, 0.2) is 0 Å². The summed E-state index contributed by atoms with van der Waals surface area (Å²) < 4.78 is 11.2. The van der Waals surface area contributed by atoms with Gasteiger partial charge >= 0.3 is 0 Å². The molecule has 4 rings (SSSR count). The summed E-state index contributed by atoms with van der Waals surface area (Å²) in [6, 6.07) is 27.2. The van der Waals surface area contributed by atoms with E-state index in [9.17, 15) is 4.79 Å². The molecule has 3 aromatic rings. The molecule has 196 valence electrons. The Balaban J connectivity index is 1.43. The Kier molecular flexibility index (Phi) is 9.01. The third-order valence-electron chi connectivity index (χ3n) is 7.02. The maximum atomic E-state index is 13.2. The second-order valence-corrected chi connectivity index (χ2v) is 10.8. The van der Waals surface area contributed by atoms with Gasteiger partial charge in [0.05, 0.1) is 20.3 Å². The molecule has 5 nitrogen and oxygen atoms in total. The number of hydrogen-bond acceptors (Lipinski definition) is 4. The first-order valence-electron chi connectivity index (χ1n) is 13.2. The van der Waals surface area contributed by atoms with Gasteiger partial charge in [0.1, 0.15) is 11.9 Å². The lowest BCUT2D eigenvalue weighted by atomic mass is 9.86. The molecule has 1 aliphatic heterocycles. The first-order valence-corrected chi connectivity index (χ1v) is 13.2. The predicted octanol–water partition coefficient (Wildman–Crippen LogP) is 5.99. The van der Waals surface area contributed by atoms with Gasteiger partial charge in [-0.3, -0.25) is 9.69 Å². The molecule has 3 aromatic carbocycles. The van der Waals surface area contributed by atoms with Gasteiger partial charge in [-0.2, -0.15) is 0 Å². The van der Waals surface area contributed by atoms with E-state index in [-0.39, 0.29) is 17.5 Å². The highest BCUT2D eigenvalue weighted by atomic mass is 16.5. The number of nitrogens with zero attached hydrogens (tertiary/aromatic N) is 2. The highest BCUT2D eigenvalue weighted by Crippen LogP contribution is 2.33. The topological polar surface area (TPSA) is 42.0 Å². The lowest BCUT2D eigenvalue weighted by Gasteiger charge is -2.31. The zero-order chi connectivity index (χ0) is 26.3. The average Bonchev–Trinajstić information content (AvgIpc) is 3.22. The van der Waals surface area contributed by atoms with E-state index in [4.69, 9.17) is 9.47 Å². The van der Waals surface area contributed by atoms with Gasteiger partial charge in [0, 0.05) is 19.7 Å². The van der Waals surface area contributed by atoms with Crippen LogP contribution in [0.3, 0.4) is 0 Å². The Morgan fingerprint density at radius 2 is 1.57 bits per heavy atom. The number of rotatable bonds is 11. The summed E-state index contributed by atoms with van der Waals surface area (Å²) in [4.78, 5) is 17.6. The first-order chi connectivity index (χ1) is 17.8. The summed E-state index contributed by atoms with van der Waals surface area (Å²) in [5, 5.41) is 0. The van der Waals surface area contributed by atoms with E-state index in [1.165, 1.54) is 22.3 Å². The summed E-state index contributed by atoms with van der Waals surface area (Å²) in [5.41, 5.74) is 4.93. The Bertz CT molecular complexity index is 1120. The fraction of sp³-hybridized carbons (Fsp3) is 0.406. The Morgan fingerprint density at radius 1 is 0.865 bits per heavy atom. The molecule has 0 spiro atoms. The highest BCUT2D eigenvalue weighted by Gasteiger charge is 2.38. The van der Waals surface area contributed by atoms with Crippen molar-refractivity contribution in [2.75, 3.05) is 33.4 Å². The minimum Gasteiger partial charge on any atom is -0.497 e. The molecule has 0 saturated carbocycles. The molecule has 0 N–H and O–H groups in total. The summed E-state index contributed by atoms with van der Waals surface area (Å²) in [5.74, 6) is 1.03. The van der Waals surface area contributed by atoms with Crippen molar-refractivity contribution in [3.63, 3.8) is 0 Å². The van der Waals surface area contributed by atoms with Crippen molar-refractivity contribution >= 4 is 5.91 Å². The summed E-state index contributed by atoms with van der Waals surface area (Å²) in [6.45, 7) is 9.89. The van der Waals surface area contributed by atoms with Crippen LogP contribution in [0.2, 0.25) is 0 Å². The predicted molar refractivity (Wildman–Crippen MR) is 149 cm³/mol. The number of hydrogen-bond donors (Lipinski definition) is 0. The second kappa shape index (κ2) is 12.4. The van der Waals surface area contributed by atoms with Crippen molar-refractivity contribution in [2.45, 2.75) is 51.8 Å². The zero-order valence-corrected chi connectivity index (χ0v) is 22.7. The van der Waals surface area contributed by atoms with Crippen molar-refractivity contribution in [3.05, 3.63) is 101 Å². The number of amides is 1. The first kappa shape index (κ1) is 26.9. The molecule has 1 saturated heterocycles. The molecule has 1 amide bonds. The Morgan fingerprint density at radius 3 is 2.22 bits per heavy atom. The minimum atomic E-state index is -0.0612. The van der Waals surface area contributed by atoms with Gasteiger partial charge in [0.25, 0.3) is 0 Å². The zero-order valence-electron chi connectivity index (χ0n) is 22.7. The number of carbonyl (C=O) groups is 1. The van der Waals surface area contributed by atoms with E-state index in [0.717, 1.165) is 25.1 Å². The van der Waals surface area contributed by atoms with Crippen molar-refractivity contribution in [1.29, 1.82) is 0 Å². The van der Waals surface area contributed by atoms with Crippen LogP contribution in [0.4, 0.5) is 0 Å². The number of benzene rings is 3. The van der Waals surface area contributed by atoms with Gasteiger partial charge in [-0.25, -0.2) is 0 Å². The van der Waals surface area contributed by atoms with Crippen LogP contribution in [0.15, 0.2) is 78.9 Å². The lowest BCUT2D eigenvalue weighted by molar-refractivity contribution is -0.128. The SMILES string of the molecule is COc1ccc(CCN2C(=O)CN(CCCOCc3ccccc3)C2c2ccc(C(C)(C)C)cc2)cc1. The average molecular weight is 501 g/mol. The van der Waals surface area contributed by atoms with Crippen molar-refractivity contribution in [3.8, 4) is 5.75 Å². The number of carbonyl (C=O) groups excluding carboxylic acids is 1. The van der Waals surface area contributed by atoms with Crippen LogP contribution in [0.1, 0.15) is 55.6 Å². The van der Waals surface area contributed by atoms with Crippen LogP contribution < -0.4 is 4.74 Å². The lowest BCUT2D eigenvalue weighted by Crippen LogP contribution is -2.34. The van der Waals surface area contributed by atoms with E-state index >= 15 is 0 Å². The van der Waals surface area contributed by atoms with Gasteiger partial charge in [0.2, 0.25) is 5.91 Å². The standard InChI is InChI=1S/C32H40N2O3/c1-32(2,3)28-15-13-27(14-16-28)31-33(20-8-22-37-24-26-9-6-5-7-10-26)23-30(35)34(31)21-19-25-11-17-29(36-4)18-12-25/h5-7,9-18,31H,8,19-24H2,1-4H3. The number of ether oxygens (including phenoxy) is 2. The van der Waals surface area contributed by atoms with Crippen LogP contribution in [0, 0.1) is 0 Å². The third kappa shape index (κ3) is 7.21.